The van der Waals surface area contributed by atoms with Gasteiger partial charge >= 0.3 is 0 Å². The van der Waals surface area contributed by atoms with Crippen molar-refractivity contribution >= 4 is 55.9 Å². The van der Waals surface area contributed by atoms with Crippen molar-refractivity contribution in [3.05, 3.63) is 66.4 Å². The Morgan fingerprint density at radius 2 is 2.00 bits per heavy atom. The number of ketones is 1. The van der Waals surface area contributed by atoms with Gasteiger partial charge in [-0.25, -0.2) is 4.39 Å². The van der Waals surface area contributed by atoms with Crippen molar-refractivity contribution in [2.75, 3.05) is 0 Å². The lowest BCUT2D eigenvalue weighted by Gasteiger charge is -2.06. The summed E-state index contributed by atoms with van der Waals surface area (Å²) >= 11 is 11.3. The fraction of sp³-hybridized carbons (Fsp3) is 0.0714. The van der Waals surface area contributed by atoms with Crippen molar-refractivity contribution in [2.24, 2.45) is 0 Å². The van der Waals surface area contributed by atoms with Gasteiger partial charge in [0.15, 0.2) is 5.78 Å². The molecule has 98 valence electrons. The Kier molecular flexibility index (Phi) is 4.97. The van der Waals surface area contributed by atoms with Gasteiger partial charge in [-0.15, -0.1) is 0 Å². The van der Waals surface area contributed by atoms with E-state index < -0.39 is 0 Å². The van der Waals surface area contributed by atoms with Gasteiger partial charge in [-0.3, -0.25) is 4.79 Å². The number of rotatable bonds is 3. The van der Waals surface area contributed by atoms with Gasteiger partial charge in [0.05, 0.1) is 0 Å². The molecule has 0 aliphatic heterocycles. The van der Waals surface area contributed by atoms with Crippen LogP contribution in [0.5, 0.6) is 0 Å². The number of benzene rings is 2. The van der Waals surface area contributed by atoms with Gasteiger partial charge in [0.1, 0.15) is 5.82 Å². The first kappa shape index (κ1) is 14.9. The Hall–Kier alpha value is -0.460. The molecule has 0 aromatic heterocycles. The molecular formula is C14H8BrClFIO. The van der Waals surface area contributed by atoms with Gasteiger partial charge in [-0.05, 0) is 58.5 Å². The van der Waals surface area contributed by atoms with Gasteiger partial charge in [0.2, 0.25) is 0 Å². The normalized spacial score (nSPS) is 10.5. The summed E-state index contributed by atoms with van der Waals surface area (Å²) in [6.45, 7) is 0. The number of Topliss-reactive ketones (excluding diaryl/α,β-unsaturated/α-hetero) is 1. The van der Waals surface area contributed by atoms with Crippen LogP contribution in [0.2, 0.25) is 5.02 Å². The van der Waals surface area contributed by atoms with Crippen LogP contribution in [0.15, 0.2) is 40.9 Å². The number of hydrogen-bond donors (Lipinski definition) is 0. The van der Waals surface area contributed by atoms with Crippen molar-refractivity contribution < 1.29 is 9.18 Å². The molecular weight excluding hydrogens is 445 g/mol. The monoisotopic (exact) mass is 452 g/mol. The molecule has 0 radical (unpaired) electrons. The molecule has 0 saturated carbocycles. The molecule has 2 rings (SSSR count). The first-order valence-electron chi connectivity index (χ1n) is 5.39. The summed E-state index contributed by atoms with van der Waals surface area (Å²) in [4.78, 5) is 12.2. The topological polar surface area (TPSA) is 17.1 Å². The van der Waals surface area contributed by atoms with Crippen LogP contribution in [0.25, 0.3) is 0 Å². The SMILES string of the molecule is O=C(Cc1ccc(F)cc1Br)c1cc(Cl)ccc1I. The van der Waals surface area contributed by atoms with Crippen molar-refractivity contribution in [1.29, 1.82) is 0 Å². The summed E-state index contributed by atoms with van der Waals surface area (Å²) in [6.07, 6.45) is 0.206. The summed E-state index contributed by atoms with van der Waals surface area (Å²) in [5, 5.41) is 0.530. The van der Waals surface area contributed by atoms with E-state index in [1.54, 1.807) is 24.3 Å². The third-order valence-corrected chi connectivity index (χ3v) is 4.51. The second kappa shape index (κ2) is 6.33. The van der Waals surface area contributed by atoms with E-state index in [0.29, 0.717) is 15.1 Å². The summed E-state index contributed by atoms with van der Waals surface area (Å²) in [5.74, 6) is -0.375. The summed E-state index contributed by atoms with van der Waals surface area (Å²) in [5.41, 5.74) is 1.34. The Labute approximate surface area is 137 Å². The number of halogens is 4. The maximum atomic E-state index is 13.0. The Bertz CT molecular complexity index is 645. The maximum Gasteiger partial charge on any atom is 0.168 e. The molecule has 0 saturated heterocycles. The standard InChI is InChI=1S/C14H8BrClFIO/c15-12-7-10(17)3-1-8(12)5-14(19)11-6-9(16)2-4-13(11)18/h1-4,6-7H,5H2. The fourth-order valence-corrected chi connectivity index (χ4v) is 2.94. The Balaban J connectivity index is 2.28. The average molecular weight is 453 g/mol. The van der Waals surface area contributed by atoms with E-state index in [0.717, 1.165) is 9.13 Å². The van der Waals surface area contributed by atoms with Gasteiger partial charge in [-0.1, -0.05) is 33.6 Å². The minimum atomic E-state index is -0.333. The van der Waals surface area contributed by atoms with Crippen LogP contribution in [-0.4, -0.2) is 5.78 Å². The van der Waals surface area contributed by atoms with Crippen LogP contribution in [0.1, 0.15) is 15.9 Å². The van der Waals surface area contributed by atoms with Crippen LogP contribution in [0, 0.1) is 9.39 Å². The molecule has 0 unspecified atom stereocenters. The summed E-state index contributed by atoms with van der Waals surface area (Å²) in [6, 6.07) is 9.50. The highest BCUT2D eigenvalue weighted by atomic mass is 127. The molecule has 1 nitrogen and oxygen atoms in total. The van der Waals surface area contributed by atoms with Crippen molar-refractivity contribution in [3.63, 3.8) is 0 Å². The maximum absolute atomic E-state index is 13.0. The van der Waals surface area contributed by atoms with Crippen LogP contribution in [0.3, 0.4) is 0 Å². The predicted octanol–water partition coefficient (Wildman–Crippen LogP) is 5.27. The van der Waals surface area contributed by atoms with E-state index in [1.807, 2.05) is 0 Å². The number of carbonyl (C=O) groups is 1. The first-order valence-corrected chi connectivity index (χ1v) is 7.64. The second-order valence-electron chi connectivity index (χ2n) is 3.96. The molecule has 0 bridgehead atoms. The van der Waals surface area contributed by atoms with E-state index in [-0.39, 0.29) is 18.0 Å². The van der Waals surface area contributed by atoms with E-state index in [9.17, 15) is 9.18 Å². The molecule has 0 amide bonds. The molecule has 2 aromatic rings. The number of carbonyl (C=O) groups excluding carboxylic acids is 1. The molecule has 0 spiro atoms. The van der Waals surface area contributed by atoms with E-state index in [1.165, 1.54) is 12.1 Å². The van der Waals surface area contributed by atoms with Crippen molar-refractivity contribution in [1.82, 2.24) is 0 Å². The summed E-state index contributed by atoms with van der Waals surface area (Å²) in [7, 11) is 0. The van der Waals surface area contributed by atoms with Gasteiger partial charge < -0.3 is 0 Å². The largest absolute Gasteiger partial charge is 0.294 e. The van der Waals surface area contributed by atoms with Gasteiger partial charge in [-0.2, -0.15) is 0 Å². The number of hydrogen-bond acceptors (Lipinski definition) is 1. The van der Waals surface area contributed by atoms with Crippen LogP contribution >= 0.6 is 50.1 Å². The minimum absolute atomic E-state index is 0.0424. The molecule has 0 atom stereocenters. The highest BCUT2D eigenvalue weighted by Crippen LogP contribution is 2.23. The third-order valence-electron chi connectivity index (χ3n) is 2.59. The predicted molar refractivity (Wildman–Crippen MR) is 86.3 cm³/mol. The highest BCUT2D eigenvalue weighted by Gasteiger charge is 2.13. The molecule has 5 heteroatoms. The molecule has 0 aliphatic rings. The molecule has 19 heavy (non-hydrogen) atoms. The second-order valence-corrected chi connectivity index (χ2v) is 6.41. The zero-order chi connectivity index (χ0) is 14.0. The van der Waals surface area contributed by atoms with Gasteiger partial charge in [0.25, 0.3) is 0 Å². The molecule has 0 N–H and O–H groups in total. The van der Waals surface area contributed by atoms with E-state index in [4.69, 9.17) is 11.6 Å². The lowest BCUT2D eigenvalue weighted by Crippen LogP contribution is -2.06. The third kappa shape index (κ3) is 3.77. The van der Waals surface area contributed by atoms with Crippen LogP contribution < -0.4 is 0 Å². The Morgan fingerprint density at radius 3 is 2.68 bits per heavy atom. The van der Waals surface area contributed by atoms with E-state index in [2.05, 4.69) is 38.5 Å². The quantitative estimate of drug-likeness (QED) is 0.457. The van der Waals surface area contributed by atoms with Crippen LogP contribution in [0.4, 0.5) is 4.39 Å². The van der Waals surface area contributed by atoms with Gasteiger partial charge in [0, 0.05) is 25.0 Å². The van der Waals surface area contributed by atoms with Crippen molar-refractivity contribution in [3.8, 4) is 0 Å². The Morgan fingerprint density at radius 1 is 1.26 bits per heavy atom. The first-order chi connectivity index (χ1) is 8.97. The fourth-order valence-electron chi connectivity index (χ4n) is 1.64. The van der Waals surface area contributed by atoms with E-state index >= 15 is 0 Å². The zero-order valence-electron chi connectivity index (χ0n) is 9.59. The average Bonchev–Trinajstić information content (AvgIpc) is 2.35. The summed E-state index contributed by atoms with van der Waals surface area (Å²) < 4.78 is 14.4. The molecule has 0 aliphatic carbocycles. The highest BCUT2D eigenvalue weighted by molar-refractivity contribution is 14.1. The van der Waals surface area contributed by atoms with Crippen LogP contribution in [-0.2, 0) is 6.42 Å². The molecule has 2 aromatic carbocycles. The molecule has 0 fully saturated rings. The van der Waals surface area contributed by atoms with Crippen molar-refractivity contribution in [2.45, 2.75) is 6.42 Å². The smallest absolute Gasteiger partial charge is 0.168 e. The minimum Gasteiger partial charge on any atom is -0.294 e. The lowest BCUT2D eigenvalue weighted by molar-refractivity contribution is 0.0992. The molecule has 0 heterocycles. The lowest BCUT2D eigenvalue weighted by atomic mass is 10.0. The zero-order valence-corrected chi connectivity index (χ0v) is 14.1.